The number of carbonyl (C=O) groups is 1. The second-order valence-electron chi connectivity index (χ2n) is 4.99. The number of carbonyl (C=O) groups excluding carboxylic acids is 1. The number of nitrogens with zero attached hydrogens (tertiary/aromatic N) is 2. The van der Waals surface area contributed by atoms with Gasteiger partial charge in [0.25, 0.3) is 0 Å². The lowest BCUT2D eigenvalue weighted by molar-refractivity contribution is 0.205. The highest BCUT2D eigenvalue weighted by Gasteiger charge is 2.18. The molecule has 2 aromatic rings. The molecule has 0 aliphatic heterocycles. The molecule has 2 rings (SSSR count). The molecule has 1 N–H and O–H groups in total. The molecule has 0 radical (unpaired) electrons. The van der Waals surface area contributed by atoms with Gasteiger partial charge in [-0.2, -0.15) is 0 Å². The van der Waals surface area contributed by atoms with Crippen LogP contribution in [0.5, 0.6) is 0 Å². The largest absolute Gasteiger partial charge is 0.329 e. The van der Waals surface area contributed by atoms with Crippen LogP contribution in [0.25, 0.3) is 0 Å². The van der Waals surface area contributed by atoms with Gasteiger partial charge in [-0.1, -0.05) is 13.0 Å². The Morgan fingerprint density at radius 2 is 2.29 bits per heavy atom. The number of aromatic nitrogens is 1. The number of likely N-dealkylation sites (N-methyl/N-ethyl adjacent to an activating group) is 1. The van der Waals surface area contributed by atoms with Gasteiger partial charge in [0.2, 0.25) is 0 Å². The number of rotatable bonds is 6. The van der Waals surface area contributed by atoms with E-state index in [4.69, 9.17) is 0 Å². The van der Waals surface area contributed by atoms with Gasteiger partial charge in [0.05, 0.1) is 6.04 Å². The van der Waals surface area contributed by atoms with Gasteiger partial charge in [-0.15, -0.1) is 22.7 Å². The first-order chi connectivity index (χ1) is 10.1. The summed E-state index contributed by atoms with van der Waals surface area (Å²) in [7, 11) is 1.84. The smallest absolute Gasteiger partial charge is 0.317 e. The van der Waals surface area contributed by atoms with Gasteiger partial charge < -0.3 is 10.2 Å². The predicted molar refractivity (Wildman–Crippen MR) is 89.1 cm³/mol. The molecule has 0 aromatic carbocycles. The number of hydrogen-bond donors (Lipinski definition) is 1. The molecule has 0 unspecified atom stereocenters. The average molecular weight is 323 g/mol. The molecule has 6 heteroatoms. The van der Waals surface area contributed by atoms with Crippen molar-refractivity contribution < 1.29 is 4.79 Å². The molecule has 1 atom stereocenters. The minimum Gasteiger partial charge on any atom is -0.329 e. The highest BCUT2D eigenvalue weighted by molar-refractivity contribution is 7.10. The van der Waals surface area contributed by atoms with Crippen LogP contribution in [-0.2, 0) is 6.42 Å². The summed E-state index contributed by atoms with van der Waals surface area (Å²) < 4.78 is 0. The molecular weight excluding hydrogens is 302 g/mol. The molecule has 0 fully saturated rings. The average Bonchev–Trinajstić information content (AvgIpc) is 3.13. The van der Waals surface area contributed by atoms with Crippen LogP contribution in [0.3, 0.4) is 0 Å². The zero-order chi connectivity index (χ0) is 15.2. The molecule has 0 aliphatic rings. The van der Waals surface area contributed by atoms with E-state index in [0.29, 0.717) is 0 Å². The van der Waals surface area contributed by atoms with Gasteiger partial charge in [-0.05, 0) is 31.2 Å². The first-order valence-electron chi connectivity index (χ1n) is 7.06. The number of hydrogen-bond acceptors (Lipinski definition) is 4. The fourth-order valence-electron chi connectivity index (χ4n) is 1.96. The quantitative estimate of drug-likeness (QED) is 0.877. The SMILES string of the molecule is CC[C@H](NC(=O)N(C)CCc1cccs1)c1nc(C)cs1. The normalized spacial score (nSPS) is 12.1. The Bertz CT molecular complexity index is 565. The van der Waals surface area contributed by atoms with E-state index in [1.54, 1.807) is 27.6 Å². The first kappa shape index (κ1) is 16.0. The van der Waals surface area contributed by atoms with Crippen LogP contribution in [0, 0.1) is 6.92 Å². The third-order valence-corrected chi connectivity index (χ3v) is 5.27. The summed E-state index contributed by atoms with van der Waals surface area (Å²) in [6.45, 7) is 4.76. The van der Waals surface area contributed by atoms with Gasteiger partial charge in [0, 0.05) is 29.5 Å². The number of amides is 2. The summed E-state index contributed by atoms with van der Waals surface area (Å²) in [6.07, 6.45) is 1.74. The van der Waals surface area contributed by atoms with Crippen molar-refractivity contribution in [3.05, 3.63) is 38.5 Å². The number of urea groups is 1. The lowest BCUT2D eigenvalue weighted by Gasteiger charge is -2.21. The van der Waals surface area contributed by atoms with Crippen molar-refractivity contribution in [2.45, 2.75) is 32.7 Å². The Labute approximate surface area is 133 Å². The van der Waals surface area contributed by atoms with Crippen LogP contribution in [0.4, 0.5) is 4.79 Å². The fraction of sp³-hybridized carbons (Fsp3) is 0.467. The molecule has 21 heavy (non-hydrogen) atoms. The Morgan fingerprint density at radius 1 is 1.48 bits per heavy atom. The third kappa shape index (κ3) is 4.54. The molecule has 2 amide bonds. The van der Waals surface area contributed by atoms with Gasteiger partial charge in [0.15, 0.2) is 0 Å². The van der Waals surface area contributed by atoms with E-state index in [-0.39, 0.29) is 12.1 Å². The number of nitrogens with one attached hydrogen (secondary N) is 1. The van der Waals surface area contributed by atoms with Crippen molar-refractivity contribution in [1.82, 2.24) is 15.2 Å². The summed E-state index contributed by atoms with van der Waals surface area (Å²) in [5.41, 5.74) is 1.01. The highest BCUT2D eigenvalue weighted by Crippen LogP contribution is 2.21. The maximum atomic E-state index is 12.2. The van der Waals surface area contributed by atoms with Crippen LogP contribution >= 0.6 is 22.7 Å². The minimum atomic E-state index is -0.0359. The van der Waals surface area contributed by atoms with E-state index in [1.807, 2.05) is 25.4 Å². The molecule has 0 saturated heterocycles. The highest BCUT2D eigenvalue weighted by atomic mass is 32.1. The maximum absolute atomic E-state index is 12.2. The van der Waals surface area contributed by atoms with Crippen molar-refractivity contribution in [3.63, 3.8) is 0 Å². The van der Waals surface area contributed by atoms with Crippen LogP contribution in [0.15, 0.2) is 22.9 Å². The number of aryl methyl sites for hydroxylation is 1. The second kappa shape index (κ2) is 7.56. The predicted octanol–water partition coefficient (Wildman–Crippen LogP) is 3.85. The molecular formula is C15H21N3OS2. The van der Waals surface area contributed by atoms with Gasteiger partial charge in [0.1, 0.15) is 5.01 Å². The molecule has 0 bridgehead atoms. The van der Waals surface area contributed by atoms with Crippen LogP contribution in [0.1, 0.15) is 35.0 Å². The molecule has 4 nitrogen and oxygen atoms in total. The fourth-order valence-corrected chi connectivity index (χ4v) is 3.59. The van der Waals surface area contributed by atoms with Gasteiger partial charge in [-0.25, -0.2) is 9.78 Å². The molecule has 2 heterocycles. The Kier molecular flexibility index (Phi) is 5.76. The van der Waals surface area contributed by atoms with Crippen LogP contribution in [0.2, 0.25) is 0 Å². The number of thiophene rings is 1. The molecule has 0 saturated carbocycles. The van der Waals surface area contributed by atoms with E-state index in [9.17, 15) is 4.79 Å². The summed E-state index contributed by atoms with van der Waals surface area (Å²) in [5, 5.41) is 8.13. The van der Waals surface area contributed by atoms with E-state index in [2.05, 4.69) is 28.7 Å². The Balaban J connectivity index is 1.86. The van der Waals surface area contributed by atoms with Gasteiger partial charge >= 0.3 is 6.03 Å². The molecule has 0 aliphatic carbocycles. The van der Waals surface area contributed by atoms with Crippen LogP contribution < -0.4 is 5.32 Å². The van der Waals surface area contributed by atoms with E-state index in [1.165, 1.54) is 4.88 Å². The van der Waals surface area contributed by atoms with E-state index in [0.717, 1.165) is 30.1 Å². The van der Waals surface area contributed by atoms with E-state index < -0.39 is 0 Å². The van der Waals surface area contributed by atoms with E-state index >= 15 is 0 Å². The van der Waals surface area contributed by atoms with Crippen LogP contribution in [-0.4, -0.2) is 29.5 Å². The monoisotopic (exact) mass is 323 g/mol. The first-order valence-corrected chi connectivity index (χ1v) is 8.82. The van der Waals surface area contributed by atoms with Crippen molar-refractivity contribution in [2.75, 3.05) is 13.6 Å². The lowest BCUT2D eigenvalue weighted by atomic mass is 10.2. The van der Waals surface area contributed by atoms with Crippen molar-refractivity contribution >= 4 is 28.7 Å². The molecule has 114 valence electrons. The molecule has 2 aromatic heterocycles. The second-order valence-corrected chi connectivity index (χ2v) is 6.91. The third-order valence-electron chi connectivity index (χ3n) is 3.26. The van der Waals surface area contributed by atoms with Crippen molar-refractivity contribution in [2.24, 2.45) is 0 Å². The van der Waals surface area contributed by atoms with Gasteiger partial charge in [-0.3, -0.25) is 0 Å². The topological polar surface area (TPSA) is 45.2 Å². The molecule has 0 spiro atoms. The summed E-state index contributed by atoms with van der Waals surface area (Å²) >= 11 is 3.33. The number of thiazole rings is 1. The maximum Gasteiger partial charge on any atom is 0.317 e. The summed E-state index contributed by atoms with van der Waals surface area (Å²) in [6, 6.07) is 4.10. The van der Waals surface area contributed by atoms with Crippen molar-refractivity contribution in [3.8, 4) is 0 Å². The van der Waals surface area contributed by atoms with Crippen molar-refractivity contribution in [1.29, 1.82) is 0 Å². The Morgan fingerprint density at radius 3 is 2.86 bits per heavy atom. The minimum absolute atomic E-state index is 0.000359. The summed E-state index contributed by atoms with van der Waals surface area (Å²) in [4.78, 5) is 19.8. The zero-order valence-electron chi connectivity index (χ0n) is 12.6. The standard InChI is InChI=1S/C15H21N3OS2/c1-4-13(14-16-11(2)10-21-14)17-15(19)18(3)8-7-12-6-5-9-20-12/h5-6,9-10,13H,4,7-8H2,1-3H3,(H,17,19)/t13-/m0/s1. The zero-order valence-corrected chi connectivity index (χ0v) is 14.3. The Hall–Kier alpha value is -1.40. The lowest BCUT2D eigenvalue weighted by Crippen LogP contribution is -2.40. The summed E-state index contributed by atoms with van der Waals surface area (Å²) in [5.74, 6) is 0.